The second-order valence-electron chi connectivity index (χ2n) is 1.98. The Morgan fingerprint density at radius 3 is 2.09 bits per heavy atom. The first-order chi connectivity index (χ1) is 5.07. The van der Waals surface area contributed by atoms with Crippen LogP contribution >= 0.6 is 0 Å². The SMILES string of the molecule is CCC(=O)C(=O)COC(C)=O. The van der Waals surface area contributed by atoms with Gasteiger partial charge in [0.1, 0.15) is 0 Å². The molecule has 0 aliphatic rings. The van der Waals surface area contributed by atoms with E-state index in [-0.39, 0.29) is 6.42 Å². The largest absolute Gasteiger partial charge is 0.457 e. The third kappa shape index (κ3) is 4.25. The molecule has 0 bridgehead atoms. The predicted octanol–water partition coefficient (Wildman–Crippen LogP) is 0.0977. The van der Waals surface area contributed by atoms with Gasteiger partial charge >= 0.3 is 5.97 Å². The van der Waals surface area contributed by atoms with Crippen molar-refractivity contribution in [3.63, 3.8) is 0 Å². The Morgan fingerprint density at radius 2 is 1.73 bits per heavy atom. The molecule has 0 rings (SSSR count). The van der Waals surface area contributed by atoms with Crippen LogP contribution in [-0.2, 0) is 19.1 Å². The van der Waals surface area contributed by atoms with Gasteiger partial charge < -0.3 is 4.74 Å². The number of esters is 1. The van der Waals surface area contributed by atoms with Crippen LogP contribution in [0.3, 0.4) is 0 Å². The molecule has 0 aromatic rings. The van der Waals surface area contributed by atoms with E-state index in [1.165, 1.54) is 6.92 Å². The number of carbonyl (C=O) groups is 3. The summed E-state index contributed by atoms with van der Waals surface area (Å²) in [6.45, 7) is 2.33. The van der Waals surface area contributed by atoms with E-state index in [0.29, 0.717) is 0 Å². The maximum absolute atomic E-state index is 10.7. The molecule has 0 saturated heterocycles. The second-order valence-corrected chi connectivity index (χ2v) is 1.98. The summed E-state index contributed by atoms with van der Waals surface area (Å²) >= 11 is 0. The number of ketones is 2. The van der Waals surface area contributed by atoms with E-state index < -0.39 is 24.1 Å². The molecule has 0 aliphatic carbocycles. The Morgan fingerprint density at radius 1 is 1.18 bits per heavy atom. The maximum atomic E-state index is 10.7. The van der Waals surface area contributed by atoms with E-state index in [1.807, 2.05) is 0 Å². The van der Waals surface area contributed by atoms with E-state index in [1.54, 1.807) is 6.92 Å². The summed E-state index contributed by atoms with van der Waals surface area (Å²) in [6, 6.07) is 0. The lowest BCUT2D eigenvalue weighted by Crippen LogP contribution is -2.20. The summed E-state index contributed by atoms with van der Waals surface area (Å²) in [5, 5.41) is 0. The van der Waals surface area contributed by atoms with Gasteiger partial charge in [-0.3, -0.25) is 14.4 Å². The van der Waals surface area contributed by atoms with Crippen LogP contribution in [0.2, 0.25) is 0 Å². The van der Waals surface area contributed by atoms with Crippen molar-refractivity contribution in [3.8, 4) is 0 Å². The number of carbonyl (C=O) groups excluding carboxylic acids is 3. The zero-order valence-corrected chi connectivity index (χ0v) is 6.55. The molecule has 0 spiro atoms. The normalized spacial score (nSPS) is 8.91. The first kappa shape index (κ1) is 9.81. The fraction of sp³-hybridized carbons (Fsp3) is 0.571. The van der Waals surface area contributed by atoms with Gasteiger partial charge in [0.25, 0.3) is 0 Å². The van der Waals surface area contributed by atoms with Crippen molar-refractivity contribution >= 4 is 17.5 Å². The molecule has 0 unspecified atom stereocenters. The van der Waals surface area contributed by atoms with Gasteiger partial charge in [-0.2, -0.15) is 0 Å². The minimum atomic E-state index is -0.650. The van der Waals surface area contributed by atoms with Gasteiger partial charge in [-0.1, -0.05) is 6.92 Å². The van der Waals surface area contributed by atoms with Crippen LogP contribution in [0.5, 0.6) is 0 Å². The van der Waals surface area contributed by atoms with E-state index in [0.717, 1.165) is 0 Å². The van der Waals surface area contributed by atoms with E-state index in [9.17, 15) is 14.4 Å². The molecule has 0 atom stereocenters. The topological polar surface area (TPSA) is 60.4 Å². The van der Waals surface area contributed by atoms with Crippen molar-refractivity contribution in [1.82, 2.24) is 0 Å². The third-order valence-electron chi connectivity index (χ3n) is 1.04. The molecule has 4 heteroatoms. The van der Waals surface area contributed by atoms with E-state index in [2.05, 4.69) is 4.74 Å². The van der Waals surface area contributed by atoms with E-state index in [4.69, 9.17) is 0 Å². The summed E-state index contributed by atoms with van der Waals surface area (Å²) in [5.74, 6) is -1.71. The lowest BCUT2D eigenvalue weighted by molar-refractivity contribution is -0.148. The minimum absolute atomic E-state index is 0.153. The quantitative estimate of drug-likeness (QED) is 0.430. The van der Waals surface area contributed by atoms with Gasteiger partial charge in [0, 0.05) is 13.3 Å². The number of rotatable bonds is 4. The summed E-state index contributed by atoms with van der Waals surface area (Å²) in [5.41, 5.74) is 0. The highest BCUT2D eigenvalue weighted by atomic mass is 16.5. The smallest absolute Gasteiger partial charge is 0.303 e. The van der Waals surface area contributed by atoms with Crippen molar-refractivity contribution < 1.29 is 19.1 Å². The van der Waals surface area contributed by atoms with Gasteiger partial charge in [-0.25, -0.2) is 0 Å². The molecule has 62 valence electrons. The van der Waals surface area contributed by atoms with Crippen LogP contribution in [0.1, 0.15) is 20.3 Å². The zero-order valence-electron chi connectivity index (χ0n) is 6.55. The molecule has 0 saturated carbocycles. The molecule has 0 amide bonds. The van der Waals surface area contributed by atoms with Gasteiger partial charge in [0.2, 0.25) is 11.6 Å². The highest BCUT2D eigenvalue weighted by Gasteiger charge is 2.11. The molecule has 0 heterocycles. The molecule has 4 nitrogen and oxygen atoms in total. The molecular weight excluding hydrogens is 148 g/mol. The lowest BCUT2D eigenvalue weighted by Gasteiger charge is -1.97. The second kappa shape index (κ2) is 4.60. The Labute approximate surface area is 64.5 Å². The standard InChI is InChI=1S/C7H10O4/c1-3-6(9)7(10)4-11-5(2)8/h3-4H2,1-2H3. The fourth-order valence-electron chi connectivity index (χ4n) is 0.445. The van der Waals surface area contributed by atoms with Gasteiger partial charge in [-0.05, 0) is 0 Å². The number of ether oxygens (including phenoxy) is 1. The molecule has 0 aromatic heterocycles. The molecule has 11 heavy (non-hydrogen) atoms. The highest BCUT2D eigenvalue weighted by molar-refractivity contribution is 6.37. The van der Waals surface area contributed by atoms with Crippen molar-refractivity contribution in [2.75, 3.05) is 6.61 Å². The van der Waals surface area contributed by atoms with Crippen LogP contribution < -0.4 is 0 Å². The molecule has 0 aromatic carbocycles. The van der Waals surface area contributed by atoms with Gasteiger partial charge in [-0.15, -0.1) is 0 Å². The maximum Gasteiger partial charge on any atom is 0.303 e. The Hall–Kier alpha value is -1.19. The van der Waals surface area contributed by atoms with Crippen molar-refractivity contribution in [2.45, 2.75) is 20.3 Å². The van der Waals surface area contributed by atoms with Crippen molar-refractivity contribution in [3.05, 3.63) is 0 Å². The Bertz CT molecular complexity index is 183. The van der Waals surface area contributed by atoms with E-state index >= 15 is 0 Å². The summed E-state index contributed by atoms with van der Waals surface area (Å²) in [7, 11) is 0. The first-order valence-electron chi connectivity index (χ1n) is 3.27. The lowest BCUT2D eigenvalue weighted by atomic mass is 10.2. The molecule has 0 N–H and O–H groups in total. The molecule has 0 radical (unpaired) electrons. The zero-order chi connectivity index (χ0) is 8.85. The van der Waals surface area contributed by atoms with Crippen LogP contribution in [0, 0.1) is 0 Å². The monoisotopic (exact) mass is 158 g/mol. The summed E-state index contributed by atoms with van der Waals surface area (Å²) in [6.07, 6.45) is 0.153. The minimum Gasteiger partial charge on any atom is -0.457 e. The summed E-state index contributed by atoms with van der Waals surface area (Å²) in [4.78, 5) is 31.4. The van der Waals surface area contributed by atoms with Crippen LogP contribution in [0.15, 0.2) is 0 Å². The first-order valence-corrected chi connectivity index (χ1v) is 3.27. The number of Topliss-reactive ketones (excluding diaryl/α,β-unsaturated/α-hetero) is 2. The predicted molar refractivity (Wildman–Crippen MR) is 36.9 cm³/mol. The van der Waals surface area contributed by atoms with Gasteiger partial charge in [0.15, 0.2) is 6.61 Å². The van der Waals surface area contributed by atoms with Crippen molar-refractivity contribution in [2.24, 2.45) is 0 Å². The average molecular weight is 158 g/mol. The van der Waals surface area contributed by atoms with Crippen LogP contribution in [-0.4, -0.2) is 24.1 Å². The van der Waals surface area contributed by atoms with Gasteiger partial charge in [0.05, 0.1) is 0 Å². The average Bonchev–Trinajstić information content (AvgIpc) is 1.98. The highest BCUT2D eigenvalue weighted by Crippen LogP contribution is 1.85. The fourth-order valence-corrected chi connectivity index (χ4v) is 0.445. The summed E-state index contributed by atoms with van der Waals surface area (Å²) < 4.78 is 4.32. The number of hydrogen-bond donors (Lipinski definition) is 0. The van der Waals surface area contributed by atoms with Crippen molar-refractivity contribution in [1.29, 1.82) is 0 Å². The molecule has 0 fully saturated rings. The Kier molecular flexibility index (Phi) is 4.10. The molecule has 0 aliphatic heterocycles. The molecular formula is C7H10O4. The Balaban J connectivity index is 3.70. The van der Waals surface area contributed by atoms with Crippen LogP contribution in [0.25, 0.3) is 0 Å². The van der Waals surface area contributed by atoms with Crippen LogP contribution in [0.4, 0.5) is 0 Å². The number of hydrogen-bond acceptors (Lipinski definition) is 4. The third-order valence-corrected chi connectivity index (χ3v) is 1.04.